The van der Waals surface area contributed by atoms with Crippen molar-refractivity contribution in [3.8, 4) is 0 Å². The summed E-state index contributed by atoms with van der Waals surface area (Å²) in [6.07, 6.45) is -0.756. The van der Waals surface area contributed by atoms with Crippen LogP contribution in [0.5, 0.6) is 0 Å². The first-order valence-corrected chi connectivity index (χ1v) is 4.82. The molecule has 1 aromatic carbocycles. The molecule has 1 aromatic rings. The molecule has 0 aromatic heterocycles. The topological polar surface area (TPSA) is 26.0 Å². The van der Waals surface area contributed by atoms with Gasteiger partial charge < -0.3 is 5.73 Å². The maximum absolute atomic E-state index is 12.5. The van der Waals surface area contributed by atoms with Gasteiger partial charge in [-0.05, 0) is 30.4 Å². The molecule has 1 aliphatic carbocycles. The Morgan fingerprint density at radius 3 is 2.43 bits per heavy atom. The van der Waals surface area contributed by atoms with Crippen LogP contribution >= 0.6 is 0 Å². The predicted octanol–water partition coefficient (Wildman–Crippen LogP) is 3.03. The van der Waals surface area contributed by atoms with Gasteiger partial charge in [0.15, 0.2) is 0 Å². The van der Waals surface area contributed by atoms with Gasteiger partial charge >= 0.3 is 0 Å². The number of para-hydroxylation sites is 1. The first kappa shape index (κ1) is 9.44. The van der Waals surface area contributed by atoms with Gasteiger partial charge in [-0.2, -0.15) is 0 Å². The second-order valence-corrected chi connectivity index (χ2v) is 3.81. The minimum atomic E-state index is -2.21. The monoisotopic (exact) mass is 197 g/mol. The summed E-state index contributed by atoms with van der Waals surface area (Å²) in [4.78, 5) is 0. The first-order valence-electron chi connectivity index (χ1n) is 4.82. The largest absolute Gasteiger partial charge is 0.398 e. The van der Waals surface area contributed by atoms with Crippen LogP contribution in [0.1, 0.15) is 24.3 Å². The highest BCUT2D eigenvalue weighted by atomic mass is 19.3. The summed E-state index contributed by atoms with van der Waals surface area (Å²) in [7, 11) is 0. The van der Waals surface area contributed by atoms with Crippen molar-refractivity contribution in [2.24, 2.45) is 5.92 Å². The molecule has 1 nitrogen and oxygen atoms in total. The number of anilines is 1. The van der Waals surface area contributed by atoms with E-state index >= 15 is 0 Å². The molecule has 1 aliphatic rings. The Morgan fingerprint density at radius 1 is 1.21 bits per heavy atom. The van der Waals surface area contributed by atoms with Crippen molar-refractivity contribution >= 4 is 5.69 Å². The highest BCUT2D eigenvalue weighted by molar-refractivity contribution is 5.49. The molecule has 3 heteroatoms. The van der Waals surface area contributed by atoms with Gasteiger partial charge in [-0.3, -0.25) is 0 Å². The molecular formula is C11H13F2N. The van der Waals surface area contributed by atoms with Crippen molar-refractivity contribution in [2.75, 3.05) is 5.73 Å². The molecule has 0 radical (unpaired) electrons. The Hall–Kier alpha value is -1.12. The van der Waals surface area contributed by atoms with E-state index in [0.717, 1.165) is 12.0 Å². The molecule has 14 heavy (non-hydrogen) atoms. The quantitative estimate of drug-likeness (QED) is 0.724. The third-order valence-electron chi connectivity index (χ3n) is 3.05. The van der Waals surface area contributed by atoms with Crippen molar-refractivity contribution in [2.45, 2.75) is 25.2 Å². The second-order valence-electron chi connectivity index (χ2n) is 3.81. The van der Waals surface area contributed by atoms with Crippen molar-refractivity contribution in [1.82, 2.24) is 0 Å². The molecule has 2 atom stereocenters. The highest BCUT2D eigenvalue weighted by Gasteiger charge is 2.39. The van der Waals surface area contributed by atoms with Gasteiger partial charge in [0.25, 0.3) is 0 Å². The van der Waals surface area contributed by atoms with Gasteiger partial charge in [0.05, 0.1) is 0 Å². The number of nitrogens with two attached hydrogens (primary N) is 1. The number of hydrogen-bond acceptors (Lipinski definition) is 1. The number of hydrogen-bond donors (Lipinski definition) is 1. The van der Waals surface area contributed by atoms with Gasteiger partial charge in [-0.25, -0.2) is 8.78 Å². The number of benzene rings is 1. The van der Waals surface area contributed by atoms with E-state index in [-0.39, 0.29) is 5.92 Å². The van der Waals surface area contributed by atoms with Crippen LogP contribution in [-0.2, 0) is 0 Å². The van der Waals surface area contributed by atoms with Crippen molar-refractivity contribution in [3.63, 3.8) is 0 Å². The fourth-order valence-electron chi connectivity index (χ4n) is 2.06. The van der Waals surface area contributed by atoms with E-state index < -0.39 is 12.3 Å². The number of halogens is 2. The summed E-state index contributed by atoms with van der Waals surface area (Å²) in [5, 5.41) is 0. The summed E-state index contributed by atoms with van der Waals surface area (Å²) in [5.74, 6) is -0.518. The molecule has 0 amide bonds. The summed E-state index contributed by atoms with van der Waals surface area (Å²) in [6.45, 7) is 0. The van der Waals surface area contributed by atoms with Crippen LogP contribution in [0, 0.1) is 5.92 Å². The fourth-order valence-corrected chi connectivity index (χ4v) is 2.06. The van der Waals surface area contributed by atoms with E-state index in [1.54, 1.807) is 6.07 Å². The Bertz CT molecular complexity index is 325. The van der Waals surface area contributed by atoms with Gasteiger partial charge in [-0.15, -0.1) is 0 Å². The van der Waals surface area contributed by atoms with Gasteiger partial charge in [0.1, 0.15) is 0 Å². The fraction of sp³-hybridized carbons (Fsp3) is 0.455. The molecule has 0 heterocycles. The zero-order valence-electron chi connectivity index (χ0n) is 7.79. The molecule has 0 saturated heterocycles. The van der Waals surface area contributed by atoms with Crippen LogP contribution in [0.2, 0.25) is 0 Å². The first-order chi connectivity index (χ1) is 6.70. The van der Waals surface area contributed by atoms with E-state index in [2.05, 4.69) is 0 Å². The molecule has 1 saturated carbocycles. The zero-order chi connectivity index (χ0) is 10.1. The van der Waals surface area contributed by atoms with E-state index in [1.807, 2.05) is 18.2 Å². The Balaban J connectivity index is 2.20. The Morgan fingerprint density at radius 2 is 1.93 bits per heavy atom. The van der Waals surface area contributed by atoms with Gasteiger partial charge in [0.2, 0.25) is 6.43 Å². The van der Waals surface area contributed by atoms with E-state index in [9.17, 15) is 8.78 Å². The standard InChI is InChI=1S/C11H13F2N/c12-11(13)9-6-5-7(9)8-3-1-2-4-10(8)14/h1-4,7,9,11H,5-6,14H2. The van der Waals surface area contributed by atoms with Crippen molar-refractivity contribution < 1.29 is 8.78 Å². The lowest BCUT2D eigenvalue weighted by Gasteiger charge is -2.36. The molecule has 0 bridgehead atoms. The lowest BCUT2D eigenvalue weighted by atomic mass is 9.70. The zero-order valence-corrected chi connectivity index (χ0v) is 7.79. The summed E-state index contributed by atoms with van der Waals surface area (Å²) < 4.78 is 25.0. The average molecular weight is 197 g/mol. The second kappa shape index (κ2) is 3.56. The molecular weight excluding hydrogens is 184 g/mol. The van der Waals surface area contributed by atoms with Crippen LogP contribution in [0.25, 0.3) is 0 Å². The minimum absolute atomic E-state index is 0.0313. The third-order valence-corrected chi connectivity index (χ3v) is 3.05. The lowest BCUT2D eigenvalue weighted by molar-refractivity contribution is 0.0170. The molecule has 0 spiro atoms. The summed E-state index contributed by atoms with van der Waals surface area (Å²) >= 11 is 0. The summed E-state index contributed by atoms with van der Waals surface area (Å²) in [6, 6.07) is 7.31. The highest BCUT2D eigenvalue weighted by Crippen LogP contribution is 2.47. The van der Waals surface area contributed by atoms with Crippen LogP contribution in [0.3, 0.4) is 0 Å². The number of nitrogen functional groups attached to an aromatic ring is 1. The Kier molecular flexibility index (Phi) is 2.40. The molecule has 76 valence electrons. The molecule has 2 unspecified atom stereocenters. The maximum Gasteiger partial charge on any atom is 0.242 e. The van der Waals surface area contributed by atoms with Gasteiger partial charge in [-0.1, -0.05) is 18.2 Å². The molecule has 2 rings (SSSR count). The van der Waals surface area contributed by atoms with Crippen LogP contribution < -0.4 is 5.73 Å². The van der Waals surface area contributed by atoms with E-state index in [4.69, 9.17) is 5.73 Å². The molecule has 1 fully saturated rings. The minimum Gasteiger partial charge on any atom is -0.398 e. The SMILES string of the molecule is Nc1ccccc1C1CCC1C(F)F. The van der Waals surface area contributed by atoms with Crippen LogP contribution in [0.15, 0.2) is 24.3 Å². The van der Waals surface area contributed by atoms with Crippen LogP contribution in [0.4, 0.5) is 14.5 Å². The summed E-state index contributed by atoms with van der Waals surface area (Å²) in [5.41, 5.74) is 7.28. The molecule has 0 aliphatic heterocycles. The van der Waals surface area contributed by atoms with E-state index in [1.165, 1.54) is 0 Å². The molecule has 2 N–H and O–H groups in total. The Labute approximate surface area is 81.9 Å². The van der Waals surface area contributed by atoms with Crippen molar-refractivity contribution in [3.05, 3.63) is 29.8 Å². The predicted molar refractivity (Wildman–Crippen MR) is 52.3 cm³/mol. The number of rotatable bonds is 2. The average Bonchev–Trinajstić information content (AvgIpc) is 2.05. The lowest BCUT2D eigenvalue weighted by Crippen LogP contribution is -2.30. The number of alkyl halides is 2. The normalized spacial score (nSPS) is 26.2. The van der Waals surface area contributed by atoms with E-state index in [0.29, 0.717) is 12.1 Å². The van der Waals surface area contributed by atoms with Crippen LogP contribution in [-0.4, -0.2) is 6.43 Å². The van der Waals surface area contributed by atoms with Gasteiger partial charge in [0, 0.05) is 11.6 Å². The smallest absolute Gasteiger partial charge is 0.242 e. The van der Waals surface area contributed by atoms with Crippen molar-refractivity contribution in [1.29, 1.82) is 0 Å². The third kappa shape index (κ3) is 1.47. The maximum atomic E-state index is 12.5.